The van der Waals surface area contributed by atoms with E-state index in [-0.39, 0.29) is 0 Å². The van der Waals surface area contributed by atoms with Gasteiger partial charge in [0, 0.05) is 5.39 Å². The summed E-state index contributed by atoms with van der Waals surface area (Å²) in [6, 6.07) is 8.23. The first-order valence-corrected chi connectivity index (χ1v) is 5.57. The highest BCUT2D eigenvalue weighted by Crippen LogP contribution is 2.27. The van der Waals surface area contributed by atoms with Crippen LogP contribution in [0.3, 0.4) is 0 Å². The predicted octanol–water partition coefficient (Wildman–Crippen LogP) is 3.53. The van der Waals surface area contributed by atoms with E-state index in [1.54, 1.807) is 0 Å². The third kappa shape index (κ3) is 1.84. The van der Waals surface area contributed by atoms with E-state index >= 15 is 0 Å². The molecule has 0 aliphatic rings. The van der Waals surface area contributed by atoms with Gasteiger partial charge < -0.3 is 0 Å². The molecule has 0 bridgehead atoms. The molecule has 0 fully saturated rings. The highest BCUT2D eigenvalue weighted by atomic mass is 15.1. The molecule has 2 aromatic rings. The molecule has 15 heavy (non-hydrogen) atoms. The smallest absolute Gasteiger partial charge is 0.0932 e. The summed E-state index contributed by atoms with van der Waals surface area (Å²) in [5, 5.41) is 9.47. The monoisotopic (exact) mass is 200 g/mol. The van der Waals surface area contributed by atoms with Crippen LogP contribution in [0.15, 0.2) is 30.5 Å². The van der Waals surface area contributed by atoms with Crippen LogP contribution in [-0.2, 0) is 0 Å². The molecule has 0 spiro atoms. The van der Waals surface area contributed by atoms with Crippen molar-refractivity contribution < 1.29 is 0 Å². The lowest BCUT2D eigenvalue weighted by molar-refractivity contribution is 0.642. The van der Waals surface area contributed by atoms with Crippen LogP contribution < -0.4 is 0 Å². The molecule has 78 valence electrons. The zero-order valence-corrected chi connectivity index (χ0v) is 9.27. The molecule has 0 atom stereocenters. The van der Waals surface area contributed by atoms with Crippen molar-refractivity contribution in [1.29, 1.82) is 0 Å². The van der Waals surface area contributed by atoms with E-state index < -0.39 is 0 Å². The number of nitrogens with zero attached hydrogens (tertiary/aromatic N) is 2. The van der Waals surface area contributed by atoms with Crippen LogP contribution in [0.4, 0.5) is 0 Å². The van der Waals surface area contributed by atoms with E-state index in [0.717, 1.165) is 18.4 Å². The fourth-order valence-electron chi connectivity index (χ4n) is 2.08. The van der Waals surface area contributed by atoms with Crippen molar-refractivity contribution in [3.63, 3.8) is 0 Å². The van der Waals surface area contributed by atoms with Crippen LogP contribution in [-0.4, -0.2) is 10.2 Å². The Morgan fingerprint density at radius 1 is 1.13 bits per heavy atom. The van der Waals surface area contributed by atoms with Crippen molar-refractivity contribution in [2.75, 3.05) is 0 Å². The number of rotatable bonds is 3. The quantitative estimate of drug-likeness (QED) is 0.757. The number of aromatic nitrogens is 2. The van der Waals surface area contributed by atoms with E-state index in [2.05, 4.69) is 36.2 Å². The lowest BCUT2D eigenvalue weighted by Crippen LogP contribution is -1.99. The normalized spacial score (nSPS) is 11.1. The number of hydrogen-bond donors (Lipinski definition) is 0. The summed E-state index contributed by atoms with van der Waals surface area (Å²) in [7, 11) is 0. The topological polar surface area (TPSA) is 25.8 Å². The second-order valence-corrected chi connectivity index (χ2v) is 3.83. The van der Waals surface area contributed by atoms with Crippen molar-refractivity contribution in [2.45, 2.75) is 32.6 Å². The van der Waals surface area contributed by atoms with Gasteiger partial charge in [0.2, 0.25) is 0 Å². The molecule has 0 saturated heterocycles. The van der Waals surface area contributed by atoms with Crippen LogP contribution in [0.5, 0.6) is 0 Å². The number of fused-ring (bicyclic) bond motifs is 1. The average Bonchev–Trinajstić information content (AvgIpc) is 2.31. The second-order valence-electron chi connectivity index (χ2n) is 3.83. The predicted molar refractivity (Wildman–Crippen MR) is 62.9 cm³/mol. The summed E-state index contributed by atoms with van der Waals surface area (Å²) in [5.74, 6) is 0.602. The molecule has 1 aromatic carbocycles. The minimum atomic E-state index is 0.602. The number of hydrogen-bond acceptors (Lipinski definition) is 2. The van der Waals surface area contributed by atoms with Crippen LogP contribution >= 0.6 is 0 Å². The standard InChI is InChI=1S/C13H16N2/c1-3-10(4-2)12-9-14-15-13-8-6-5-7-11(12)13/h5-10H,3-4H2,1-2H3. The first-order valence-electron chi connectivity index (χ1n) is 5.57. The Morgan fingerprint density at radius 2 is 1.87 bits per heavy atom. The Hall–Kier alpha value is -1.44. The molecule has 0 aliphatic carbocycles. The van der Waals surface area contributed by atoms with E-state index in [9.17, 15) is 0 Å². The Bertz CT molecular complexity index is 442. The van der Waals surface area contributed by atoms with E-state index in [4.69, 9.17) is 0 Å². The SMILES string of the molecule is CCC(CC)c1cnnc2ccccc12. The largest absolute Gasteiger partial charge is 0.158 e. The van der Waals surface area contributed by atoms with Crippen molar-refractivity contribution in [3.05, 3.63) is 36.0 Å². The highest BCUT2D eigenvalue weighted by molar-refractivity contribution is 5.81. The Balaban J connectivity index is 2.59. The van der Waals surface area contributed by atoms with Gasteiger partial charge in [-0.3, -0.25) is 0 Å². The summed E-state index contributed by atoms with van der Waals surface area (Å²) in [6.45, 7) is 4.45. The van der Waals surface area contributed by atoms with Crippen LogP contribution in [0, 0.1) is 0 Å². The molecular formula is C13H16N2. The summed E-state index contributed by atoms with van der Waals surface area (Å²) in [6.07, 6.45) is 4.23. The van der Waals surface area contributed by atoms with Gasteiger partial charge in [0.1, 0.15) is 0 Å². The van der Waals surface area contributed by atoms with E-state index in [1.807, 2.05) is 18.3 Å². The zero-order chi connectivity index (χ0) is 10.7. The minimum absolute atomic E-state index is 0.602. The highest BCUT2D eigenvalue weighted by Gasteiger charge is 2.11. The zero-order valence-electron chi connectivity index (χ0n) is 9.27. The Morgan fingerprint density at radius 3 is 2.60 bits per heavy atom. The van der Waals surface area contributed by atoms with E-state index in [0.29, 0.717) is 5.92 Å². The molecule has 0 unspecified atom stereocenters. The molecule has 2 nitrogen and oxygen atoms in total. The van der Waals surface area contributed by atoms with Gasteiger partial charge in [0.25, 0.3) is 0 Å². The van der Waals surface area contributed by atoms with Crippen LogP contribution in [0.2, 0.25) is 0 Å². The molecule has 0 radical (unpaired) electrons. The molecule has 1 heterocycles. The molecule has 2 heteroatoms. The lowest BCUT2D eigenvalue weighted by atomic mass is 9.92. The maximum Gasteiger partial charge on any atom is 0.0932 e. The van der Waals surface area contributed by atoms with Crippen molar-refractivity contribution in [2.24, 2.45) is 0 Å². The van der Waals surface area contributed by atoms with Crippen LogP contribution in [0.1, 0.15) is 38.2 Å². The van der Waals surface area contributed by atoms with Crippen LogP contribution in [0.25, 0.3) is 10.9 Å². The fraction of sp³-hybridized carbons (Fsp3) is 0.385. The van der Waals surface area contributed by atoms with Gasteiger partial charge in [0.15, 0.2) is 0 Å². The fourth-order valence-corrected chi connectivity index (χ4v) is 2.08. The molecule has 1 aromatic heterocycles. The van der Waals surface area contributed by atoms with Gasteiger partial charge in [0.05, 0.1) is 11.7 Å². The van der Waals surface area contributed by atoms with Gasteiger partial charge in [-0.1, -0.05) is 32.0 Å². The Kier molecular flexibility index (Phi) is 2.95. The second kappa shape index (κ2) is 4.39. The van der Waals surface area contributed by atoms with Gasteiger partial charge in [-0.2, -0.15) is 10.2 Å². The van der Waals surface area contributed by atoms with Crippen molar-refractivity contribution in [3.8, 4) is 0 Å². The molecule has 2 rings (SSSR count). The minimum Gasteiger partial charge on any atom is -0.158 e. The maximum absolute atomic E-state index is 4.14. The van der Waals surface area contributed by atoms with Gasteiger partial charge in [-0.05, 0) is 30.4 Å². The summed E-state index contributed by atoms with van der Waals surface area (Å²) in [5.41, 5.74) is 2.34. The molecule has 0 amide bonds. The average molecular weight is 200 g/mol. The van der Waals surface area contributed by atoms with E-state index in [1.165, 1.54) is 10.9 Å². The van der Waals surface area contributed by atoms with Crippen molar-refractivity contribution in [1.82, 2.24) is 10.2 Å². The first-order chi connectivity index (χ1) is 7.36. The van der Waals surface area contributed by atoms with Gasteiger partial charge >= 0.3 is 0 Å². The Labute approximate surface area is 90.3 Å². The van der Waals surface area contributed by atoms with Gasteiger partial charge in [-0.15, -0.1) is 0 Å². The summed E-state index contributed by atoms with van der Waals surface area (Å²) >= 11 is 0. The molecule has 0 N–H and O–H groups in total. The lowest BCUT2D eigenvalue weighted by Gasteiger charge is -2.13. The first kappa shape index (κ1) is 10.1. The summed E-state index contributed by atoms with van der Waals surface area (Å²) < 4.78 is 0. The van der Waals surface area contributed by atoms with Crippen molar-refractivity contribution >= 4 is 10.9 Å². The molecule has 0 saturated carbocycles. The molecular weight excluding hydrogens is 184 g/mol. The number of benzene rings is 1. The summed E-state index contributed by atoms with van der Waals surface area (Å²) in [4.78, 5) is 0. The molecule has 0 aliphatic heterocycles. The van der Waals surface area contributed by atoms with Gasteiger partial charge in [-0.25, -0.2) is 0 Å². The third-order valence-corrected chi connectivity index (χ3v) is 3.00. The maximum atomic E-state index is 4.14. The third-order valence-electron chi connectivity index (χ3n) is 3.00.